The molecule has 1 heteroatoms. The zero-order valence-electron chi connectivity index (χ0n) is 16.2. The van der Waals surface area contributed by atoms with Crippen LogP contribution >= 0.6 is 0 Å². The minimum Gasteiger partial charge on any atom is -0.294 e. The van der Waals surface area contributed by atoms with Crippen LogP contribution in [-0.4, -0.2) is 5.78 Å². The second kappa shape index (κ2) is 16.9. The number of rotatable bonds is 3. The second-order valence-corrected chi connectivity index (χ2v) is 4.43. The Balaban J connectivity index is -0.000000399. The standard InChI is InChI=1S/C13H18O.C3H8.2C2H6/c1-5-11-7-10(4)12(8-9(11)3)13(14)6-2;1-3-2;2*1-2/h7-8H,5-6H2,1-4H3;3H2,1-2H3;2*1-2H3. The summed E-state index contributed by atoms with van der Waals surface area (Å²) in [5.74, 6) is 0.244. The Hall–Kier alpha value is -1.11. The molecule has 0 fully saturated rings. The van der Waals surface area contributed by atoms with Crippen LogP contribution < -0.4 is 0 Å². The summed E-state index contributed by atoms with van der Waals surface area (Å²) in [6.07, 6.45) is 2.87. The van der Waals surface area contributed by atoms with Gasteiger partial charge in [-0.2, -0.15) is 0 Å². The van der Waals surface area contributed by atoms with E-state index in [0.717, 1.165) is 17.5 Å². The lowest BCUT2D eigenvalue weighted by atomic mass is 9.95. The molecule has 0 saturated heterocycles. The Morgan fingerprint density at radius 2 is 1.29 bits per heavy atom. The van der Waals surface area contributed by atoms with Crippen molar-refractivity contribution >= 4 is 5.78 Å². The molecule has 0 amide bonds. The second-order valence-electron chi connectivity index (χ2n) is 4.43. The first-order chi connectivity index (χ1) is 10.0. The van der Waals surface area contributed by atoms with Gasteiger partial charge in [-0.1, -0.05) is 67.9 Å². The summed E-state index contributed by atoms with van der Waals surface area (Å²) in [5.41, 5.74) is 4.58. The third-order valence-corrected chi connectivity index (χ3v) is 2.69. The number of carbonyl (C=O) groups is 1. The molecular weight excluding hydrogens is 256 g/mol. The molecule has 0 unspecified atom stereocenters. The topological polar surface area (TPSA) is 17.1 Å². The SMILES string of the molecule is CC.CC.CCC.CCC(=O)c1cc(C)c(CC)cc1C. The smallest absolute Gasteiger partial charge is 0.162 e. The van der Waals surface area contributed by atoms with Crippen LogP contribution in [0.3, 0.4) is 0 Å². The molecule has 0 aliphatic rings. The molecule has 0 aliphatic heterocycles. The summed E-state index contributed by atoms with van der Waals surface area (Å²) in [4.78, 5) is 11.6. The van der Waals surface area contributed by atoms with Crippen molar-refractivity contribution in [1.29, 1.82) is 0 Å². The van der Waals surface area contributed by atoms with E-state index in [1.165, 1.54) is 17.5 Å². The molecule has 0 aliphatic carbocycles. The summed E-state index contributed by atoms with van der Waals surface area (Å²) in [6, 6.07) is 4.16. The number of hydrogen-bond acceptors (Lipinski definition) is 1. The molecular formula is C20H38O. The van der Waals surface area contributed by atoms with E-state index in [1.54, 1.807) is 0 Å². The first-order valence-corrected chi connectivity index (χ1v) is 8.64. The van der Waals surface area contributed by atoms with Crippen LogP contribution in [0.2, 0.25) is 0 Å². The Labute approximate surface area is 134 Å². The monoisotopic (exact) mass is 294 g/mol. The van der Waals surface area contributed by atoms with Gasteiger partial charge in [0.15, 0.2) is 5.78 Å². The predicted octanol–water partition coefficient (Wildman–Crippen LogP) is 6.93. The Morgan fingerprint density at radius 1 is 0.857 bits per heavy atom. The normalized spacial score (nSPS) is 8.29. The molecule has 21 heavy (non-hydrogen) atoms. The summed E-state index contributed by atoms with van der Waals surface area (Å²) in [5, 5.41) is 0. The van der Waals surface area contributed by atoms with Gasteiger partial charge >= 0.3 is 0 Å². The Morgan fingerprint density at radius 3 is 1.62 bits per heavy atom. The van der Waals surface area contributed by atoms with E-state index in [0.29, 0.717) is 6.42 Å². The molecule has 124 valence electrons. The zero-order chi connectivity index (χ0) is 17.4. The van der Waals surface area contributed by atoms with Crippen LogP contribution in [0.25, 0.3) is 0 Å². The van der Waals surface area contributed by atoms with Crippen molar-refractivity contribution in [3.63, 3.8) is 0 Å². The summed E-state index contributed by atoms with van der Waals surface area (Å²) in [6.45, 7) is 20.4. The highest BCUT2D eigenvalue weighted by Gasteiger charge is 2.08. The summed E-state index contributed by atoms with van der Waals surface area (Å²) < 4.78 is 0. The van der Waals surface area contributed by atoms with Gasteiger partial charge in [0, 0.05) is 12.0 Å². The third kappa shape index (κ3) is 10.3. The van der Waals surface area contributed by atoms with Gasteiger partial charge < -0.3 is 0 Å². The van der Waals surface area contributed by atoms with Crippen LogP contribution in [0.4, 0.5) is 0 Å². The first kappa shape index (κ1) is 24.9. The molecule has 0 spiro atoms. The van der Waals surface area contributed by atoms with Crippen LogP contribution in [-0.2, 0) is 6.42 Å². The maximum Gasteiger partial charge on any atom is 0.162 e. The van der Waals surface area contributed by atoms with Gasteiger partial charge in [-0.3, -0.25) is 4.79 Å². The van der Waals surface area contributed by atoms with Crippen molar-refractivity contribution in [2.45, 2.75) is 88.5 Å². The lowest BCUT2D eigenvalue weighted by Gasteiger charge is -2.09. The van der Waals surface area contributed by atoms with Crippen LogP contribution in [0.5, 0.6) is 0 Å². The molecule has 0 atom stereocenters. The quantitative estimate of drug-likeness (QED) is 0.552. The highest BCUT2D eigenvalue weighted by molar-refractivity contribution is 5.97. The number of benzene rings is 1. The fraction of sp³-hybridized carbons (Fsp3) is 0.650. The van der Waals surface area contributed by atoms with Crippen molar-refractivity contribution < 1.29 is 4.79 Å². The first-order valence-electron chi connectivity index (χ1n) is 8.64. The van der Waals surface area contributed by atoms with Crippen LogP contribution in [0.1, 0.15) is 95.3 Å². The lowest BCUT2D eigenvalue weighted by Crippen LogP contribution is -2.02. The molecule has 1 nitrogen and oxygen atoms in total. The summed E-state index contributed by atoms with van der Waals surface area (Å²) >= 11 is 0. The van der Waals surface area contributed by atoms with Crippen molar-refractivity contribution in [1.82, 2.24) is 0 Å². The molecule has 1 aromatic carbocycles. The Kier molecular flexibility index (Phi) is 20.1. The molecule has 0 radical (unpaired) electrons. The van der Waals surface area contributed by atoms with E-state index < -0.39 is 0 Å². The molecule has 1 rings (SSSR count). The van der Waals surface area contributed by atoms with Gasteiger partial charge in [-0.05, 0) is 43.0 Å². The fourth-order valence-electron chi connectivity index (χ4n) is 1.75. The number of Topliss-reactive ketones (excluding diaryl/α,β-unsaturated/α-hetero) is 1. The highest BCUT2D eigenvalue weighted by Crippen LogP contribution is 2.17. The summed E-state index contributed by atoms with van der Waals surface area (Å²) in [7, 11) is 0. The molecule has 0 saturated carbocycles. The van der Waals surface area contributed by atoms with E-state index in [1.807, 2.05) is 47.6 Å². The van der Waals surface area contributed by atoms with Crippen LogP contribution in [0, 0.1) is 13.8 Å². The molecule has 0 N–H and O–H groups in total. The van der Waals surface area contributed by atoms with Crippen molar-refractivity contribution in [3.05, 3.63) is 34.4 Å². The van der Waals surface area contributed by atoms with Gasteiger partial charge in [0.05, 0.1) is 0 Å². The van der Waals surface area contributed by atoms with Gasteiger partial charge in [-0.15, -0.1) is 0 Å². The molecule has 0 bridgehead atoms. The average molecular weight is 295 g/mol. The fourth-order valence-corrected chi connectivity index (χ4v) is 1.75. The van der Waals surface area contributed by atoms with Gasteiger partial charge in [0.1, 0.15) is 0 Å². The van der Waals surface area contributed by atoms with Crippen LogP contribution in [0.15, 0.2) is 12.1 Å². The molecule has 0 aromatic heterocycles. The Bertz CT molecular complexity index is 364. The van der Waals surface area contributed by atoms with E-state index in [9.17, 15) is 4.79 Å². The number of hydrogen-bond donors (Lipinski definition) is 0. The zero-order valence-corrected chi connectivity index (χ0v) is 16.2. The molecule has 1 aromatic rings. The van der Waals surface area contributed by atoms with Crippen molar-refractivity contribution in [2.24, 2.45) is 0 Å². The number of carbonyl (C=O) groups excluding carboxylic acids is 1. The van der Waals surface area contributed by atoms with Crippen molar-refractivity contribution in [2.75, 3.05) is 0 Å². The largest absolute Gasteiger partial charge is 0.294 e. The minimum atomic E-state index is 0.244. The number of aryl methyl sites for hydroxylation is 3. The highest BCUT2D eigenvalue weighted by atomic mass is 16.1. The van der Waals surface area contributed by atoms with E-state index in [2.05, 4.69) is 33.8 Å². The third-order valence-electron chi connectivity index (χ3n) is 2.69. The average Bonchev–Trinajstić information content (AvgIpc) is 2.53. The molecule has 0 heterocycles. The van der Waals surface area contributed by atoms with E-state index in [4.69, 9.17) is 0 Å². The van der Waals surface area contributed by atoms with Crippen molar-refractivity contribution in [3.8, 4) is 0 Å². The maximum atomic E-state index is 11.6. The van der Waals surface area contributed by atoms with E-state index >= 15 is 0 Å². The predicted molar refractivity (Wildman–Crippen MR) is 98.6 cm³/mol. The van der Waals surface area contributed by atoms with Gasteiger partial charge in [0.2, 0.25) is 0 Å². The number of ketones is 1. The van der Waals surface area contributed by atoms with Gasteiger partial charge in [-0.25, -0.2) is 0 Å². The maximum absolute atomic E-state index is 11.6. The van der Waals surface area contributed by atoms with E-state index in [-0.39, 0.29) is 5.78 Å². The van der Waals surface area contributed by atoms with Gasteiger partial charge in [0.25, 0.3) is 0 Å². The minimum absolute atomic E-state index is 0.244. The lowest BCUT2D eigenvalue weighted by molar-refractivity contribution is 0.0987.